The molecule has 0 aliphatic heterocycles. The first-order valence-electron chi connectivity index (χ1n) is 26.0. The van der Waals surface area contributed by atoms with E-state index in [9.17, 15) is 14.3 Å². The standard InChI is InChI=1S/C54H100NO7P/c1-6-8-10-12-14-16-18-20-22-24-25-26-27-28-29-30-32-34-36-38-40-42-44-46-49-59-51-53(52-61-63(57,58)60-50-48-55(3,4)5)62-54(56)47-45-43-41-39-37-35-33-31-23-21-19-17-15-13-11-9-7-2/h9,11,15,17-18,20-21,23-25,53H,6-8,10,12-14,16,19,22,26-52H2,1-5H3/b11-9-,17-15-,20-18-,23-21-,25-24-. The Labute approximate surface area is 390 Å². The normalized spacial score (nSPS) is 14.1. The Bertz CT molecular complexity index is 1190. The van der Waals surface area contributed by atoms with Crippen molar-refractivity contribution in [1.82, 2.24) is 0 Å². The van der Waals surface area contributed by atoms with Gasteiger partial charge in [0.05, 0.1) is 34.4 Å². The number of rotatable bonds is 48. The van der Waals surface area contributed by atoms with Gasteiger partial charge in [-0.05, 0) is 77.0 Å². The number of allylic oxidation sites excluding steroid dienone is 10. The van der Waals surface area contributed by atoms with Gasteiger partial charge in [-0.1, -0.05) is 197 Å². The van der Waals surface area contributed by atoms with E-state index in [1.54, 1.807) is 0 Å². The summed E-state index contributed by atoms with van der Waals surface area (Å²) in [5, 5.41) is 0. The Hall–Kier alpha value is -1.80. The number of carbonyl (C=O) groups excluding carboxylic acids is 1. The van der Waals surface area contributed by atoms with Crippen LogP contribution in [-0.2, 0) is 27.9 Å². The largest absolute Gasteiger partial charge is 0.756 e. The van der Waals surface area contributed by atoms with Gasteiger partial charge in [-0.15, -0.1) is 0 Å². The highest BCUT2D eigenvalue weighted by atomic mass is 31.2. The van der Waals surface area contributed by atoms with E-state index in [4.69, 9.17) is 18.5 Å². The zero-order valence-corrected chi connectivity index (χ0v) is 42.7. The second-order valence-corrected chi connectivity index (χ2v) is 19.9. The van der Waals surface area contributed by atoms with Gasteiger partial charge in [-0.3, -0.25) is 9.36 Å². The number of hydrogen-bond acceptors (Lipinski definition) is 7. The van der Waals surface area contributed by atoms with Crippen molar-refractivity contribution in [2.75, 3.05) is 54.1 Å². The molecule has 0 N–H and O–H groups in total. The van der Waals surface area contributed by atoms with Gasteiger partial charge in [-0.25, -0.2) is 0 Å². The second-order valence-electron chi connectivity index (χ2n) is 18.5. The van der Waals surface area contributed by atoms with Crippen LogP contribution in [0.25, 0.3) is 0 Å². The van der Waals surface area contributed by atoms with Gasteiger partial charge in [-0.2, -0.15) is 0 Å². The Morgan fingerprint density at radius 2 is 0.921 bits per heavy atom. The van der Waals surface area contributed by atoms with E-state index >= 15 is 0 Å². The molecule has 9 heteroatoms. The number of likely N-dealkylation sites (N-methyl/N-ethyl adjacent to an activating group) is 1. The fraction of sp³-hybridized carbons (Fsp3) is 0.796. The molecule has 2 unspecified atom stereocenters. The number of ether oxygens (including phenoxy) is 2. The minimum absolute atomic E-state index is 0.0218. The van der Waals surface area contributed by atoms with Crippen LogP contribution in [0, 0.1) is 0 Å². The van der Waals surface area contributed by atoms with Gasteiger partial charge in [0.15, 0.2) is 0 Å². The Morgan fingerprint density at radius 3 is 1.38 bits per heavy atom. The molecular formula is C54H100NO7P. The zero-order chi connectivity index (χ0) is 46.2. The average Bonchev–Trinajstić information content (AvgIpc) is 3.24. The molecule has 0 heterocycles. The first kappa shape index (κ1) is 61.2. The molecule has 0 aliphatic rings. The summed E-state index contributed by atoms with van der Waals surface area (Å²) in [6.07, 6.45) is 59.6. The third kappa shape index (κ3) is 51.1. The zero-order valence-electron chi connectivity index (χ0n) is 41.8. The topological polar surface area (TPSA) is 94.1 Å². The van der Waals surface area contributed by atoms with E-state index in [2.05, 4.69) is 74.6 Å². The van der Waals surface area contributed by atoms with Crippen LogP contribution in [0.1, 0.15) is 219 Å². The first-order chi connectivity index (χ1) is 30.6. The van der Waals surface area contributed by atoms with Crippen molar-refractivity contribution in [1.29, 1.82) is 0 Å². The molecule has 8 nitrogen and oxygen atoms in total. The lowest BCUT2D eigenvalue weighted by molar-refractivity contribution is -0.870. The predicted octanol–water partition coefficient (Wildman–Crippen LogP) is 15.4. The van der Waals surface area contributed by atoms with Crippen LogP contribution in [0.5, 0.6) is 0 Å². The molecule has 368 valence electrons. The molecule has 63 heavy (non-hydrogen) atoms. The monoisotopic (exact) mass is 906 g/mol. The third-order valence-electron chi connectivity index (χ3n) is 11.1. The maximum Gasteiger partial charge on any atom is 0.306 e. The van der Waals surface area contributed by atoms with Gasteiger partial charge in [0.2, 0.25) is 0 Å². The van der Waals surface area contributed by atoms with Crippen molar-refractivity contribution in [3.8, 4) is 0 Å². The van der Waals surface area contributed by atoms with E-state index in [1.807, 2.05) is 21.1 Å². The van der Waals surface area contributed by atoms with Gasteiger partial charge < -0.3 is 27.9 Å². The molecule has 0 aliphatic carbocycles. The van der Waals surface area contributed by atoms with E-state index in [0.29, 0.717) is 24.1 Å². The molecule has 0 rings (SSSR count). The smallest absolute Gasteiger partial charge is 0.306 e. The number of hydrogen-bond donors (Lipinski definition) is 0. The Balaban J connectivity index is 4.12. The Morgan fingerprint density at radius 1 is 0.508 bits per heavy atom. The highest BCUT2D eigenvalue weighted by Crippen LogP contribution is 2.38. The SMILES string of the molecule is CC/C=C\C/C=C\C/C=C\CCCCCCCCCC(=O)OC(COCCCCCCCCCCCCCC/C=C\C/C=C\CCCCCCC)COP(=O)([O-])OCC[N+](C)(C)C. The molecular weight excluding hydrogens is 806 g/mol. The second kappa shape index (κ2) is 46.7. The average molecular weight is 906 g/mol. The molecule has 0 radical (unpaired) electrons. The van der Waals surface area contributed by atoms with Gasteiger partial charge in [0.25, 0.3) is 7.82 Å². The number of phosphoric ester groups is 1. The van der Waals surface area contributed by atoms with Crippen LogP contribution in [0.2, 0.25) is 0 Å². The van der Waals surface area contributed by atoms with E-state index in [-0.39, 0.29) is 25.8 Å². The fourth-order valence-corrected chi connectivity index (χ4v) is 7.79. The lowest BCUT2D eigenvalue weighted by Gasteiger charge is -2.28. The van der Waals surface area contributed by atoms with Crippen molar-refractivity contribution in [3.05, 3.63) is 60.8 Å². The summed E-state index contributed by atoms with van der Waals surface area (Å²) in [6, 6.07) is 0. The molecule has 2 atom stereocenters. The van der Waals surface area contributed by atoms with Crippen molar-refractivity contribution < 1.29 is 37.3 Å². The number of carbonyl (C=O) groups is 1. The molecule has 0 fully saturated rings. The Kier molecular flexibility index (Phi) is 45.4. The molecule has 0 aromatic carbocycles. The number of unbranched alkanes of at least 4 members (excludes halogenated alkanes) is 24. The third-order valence-corrected chi connectivity index (χ3v) is 12.0. The van der Waals surface area contributed by atoms with Crippen molar-refractivity contribution >= 4 is 13.8 Å². The van der Waals surface area contributed by atoms with Gasteiger partial charge in [0.1, 0.15) is 19.3 Å². The van der Waals surface area contributed by atoms with Crippen LogP contribution >= 0.6 is 7.82 Å². The van der Waals surface area contributed by atoms with Crippen LogP contribution in [-0.4, -0.2) is 70.7 Å². The summed E-state index contributed by atoms with van der Waals surface area (Å²) in [5.41, 5.74) is 0. The summed E-state index contributed by atoms with van der Waals surface area (Å²) in [6.45, 7) is 5.29. The summed E-state index contributed by atoms with van der Waals surface area (Å²) in [5.74, 6) is -0.344. The molecule has 0 aromatic rings. The van der Waals surface area contributed by atoms with Gasteiger partial charge >= 0.3 is 5.97 Å². The minimum Gasteiger partial charge on any atom is -0.756 e. The predicted molar refractivity (Wildman–Crippen MR) is 268 cm³/mol. The molecule has 0 saturated heterocycles. The van der Waals surface area contributed by atoms with E-state index < -0.39 is 13.9 Å². The highest BCUT2D eigenvalue weighted by Gasteiger charge is 2.20. The maximum absolute atomic E-state index is 12.7. The van der Waals surface area contributed by atoms with Gasteiger partial charge in [0, 0.05) is 13.0 Å². The first-order valence-corrected chi connectivity index (χ1v) is 27.5. The van der Waals surface area contributed by atoms with Crippen LogP contribution in [0.15, 0.2) is 60.8 Å². The van der Waals surface area contributed by atoms with Crippen molar-refractivity contribution in [2.45, 2.75) is 225 Å². The molecule has 0 spiro atoms. The van der Waals surface area contributed by atoms with E-state index in [0.717, 1.165) is 64.2 Å². The fourth-order valence-electron chi connectivity index (χ4n) is 7.06. The van der Waals surface area contributed by atoms with Crippen LogP contribution < -0.4 is 4.89 Å². The lowest BCUT2D eigenvalue weighted by atomic mass is 10.0. The molecule has 0 saturated carbocycles. The summed E-state index contributed by atoms with van der Waals surface area (Å²) < 4.78 is 34.7. The minimum atomic E-state index is -4.54. The summed E-state index contributed by atoms with van der Waals surface area (Å²) in [4.78, 5) is 25.2. The van der Waals surface area contributed by atoms with E-state index in [1.165, 1.54) is 135 Å². The highest BCUT2D eigenvalue weighted by molar-refractivity contribution is 7.45. The van der Waals surface area contributed by atoms with Crippen LogP contribution in [0.3, 0.4) is 0 Å². The lowest BCUT2D eigenvalue weighted by Crippen LogP contribution is -2.37. The molecule has 0 amide bonds. The maximum atomic E-state index is 12.7. The van der Waals surface area contributed by atoms with Crippen LogP contribution in [0.4, 0.5) is 0 Å². The number of quaternary nitrogens is 1. The number of nitrogens with zero attached hydrogens (tertiary/aromatic N) is 1. The summed E-state index contributed by atoms with van der Waals surface area (Å²) in [7, 11) is 1.35. The van der Waals surface area contributed by atoms with Crippen molar-refractivity contribution in [3.63, 3.8) is 0 Å². The molecule has 0 aromatic heterocycles. The summed E-state index contributed by atoms with van der Waals surface area (Å²) >= 11 is 0. The molecule has 0 bridgehead atoms. The quantitative estimate of drug-likeness (QED) is 0.0197. The number of phosphoric acid groups is 1. The number of esters is 1. The van der Waals surface area contributed by atoms with Crippen molar-refractivity contribution in [2.24, 2.45) is 0 Å².